The van der Waals surface area contributed by atoms with Crippen LogP contribution in [0.3, 0.4) is 0 Å². The van der Waals surface area contributed by atoms with Gasteiger partial charge in [0.1, 0.15) is 0 Å². The number of amides is 1. The molecule has 1 aliphatic heterocycles. The van der Waals surface area contributed by atoms with Gasteiger partial charge in [0.05, 0.1) is 5.56 Å². The molecule has 0 unspecified atom stereocenters. The summed E-state index contributed by atoms with van der Waals surface area (Å²) in [4.78, 5) is 28.1. The summed E-state index contributed by atoms with van der Waals surface area (Å²) in [5, 5.41) is 0. The van der Waals surface area contributed by atoms with Gasteiger partial charge in [-0.3, -0.25) is 4.79 Å². The van der Waals surface area contributed by atoms with Gasteiger partial charge in [0.15, 0.2) is 6.61 Å². The van der Waals surface area contributed by atoms with Gasteiger partial charge in [-0.25, -0.2) is 4.79 Å². The second-order valence-electron chi connectivity index (χ2n) is 5.74. The molecule has 1 aromatic heterocycles. The third kappa shape index (κ3) is 3.45. The largest absolute Gasteiger partial charge is 0.452 e. The van der Waals surface area contributed by atoms with E-state index in [1.807, 2.05) is 38.1 Å². The van der Waals surface area contributed by atoms with Crippen molar-refractivity contribution in [2.24, 2.45) is 0 Å². The highest BCUT2D eigenvalue weighted by atomic mass is 32.1. The molecule has 0 saturated carbocycles. The Balaban J connectivity index is 1.58. The molecule has 0 atom stereocenters. The lowest BCUT2D eigenvalue weighted by Gasteiger charge is -2.28. The van der Waals surface area contributed by atoms with Crippen LogP contribution in [-0.2, 0) is 22.5 Å². The van der Waals surface area contributed by atoms with Crippen LogP contribution in [0.1, 0.15) is 31.2 Å². The normalized spacial score (nSPS) is 13.6. The average molecular weight is 329 g/mol. The van der Waals surface area contributed by atoms with E-state index in [0.29, 0.717) is 18.7 Å². The van der Waals surface area contributed by atoms with Crippen LogP contribution in [0.25, 0.3) is 0 Å². The maximum Gasteiger partial charge on any atom is 0.339 e. The van der Waals surface area contributed by atoms with Gasteiger partial charge >= 0.3 is 5.97 Å². The molecule has 0 saturated heterocycles. The Morgan fingerprint density at radius 1 is 1.22 bits per heavy atom. The molecule has 2 heterocycles. The van der Waals surface area contributed by atoms with Gasteiger partial charge in [0, 0.05) is 22.8 Å². The van der Waals surface area contributed by atoms with Crippen molar-refractivity contribution in [3.8, 4) is 0 Å². The van der Waals surface area contributed by atoms with E-state index < -0.39 is 5.97 Å². The molecule has 0 spiro atoms. The first-order valence-electron chi connectivity index (χ1n) is 7.63. The highest BCUT2D eigenvalue weighted by Crippen LogP contribution is 2.22. The minimum atomic E-state index is -0.419. The molecule has 2 aromatic rings. The van der Waals surface area contributed by atoms with Crippen LogP contribution in [0, 0.1) is 13.8 Å². The minimum Gasteiger partial charge on any atom is -0.452 e. The summed E-state index contributed by atoms with van der Waals surface area (Å²) in [7, 11) is 0. The SMILES string of the molecule is Cc1cc(C(=O)OCC(=O)N2CCc3ccccc3C2)c(C)s1. The lowest BCUT2D eigenvalue weighted by atomic mass is 10.00. The first-order chi connectivity index (χ1) is 11.0. The van der Waals surface area contributed by atoms with Gasteiger partial charge in [0.2, 0.25) is 0 Å². The van der Waals surface area contributed by atoms with Crippen molar-refractivity contribution in [1.82, 2.24) is 4.90 Å². The zero-order chi connectivity index (χ0) is 16.4. The third-order valence-corrected chi connectivity index (χ3v) is 5.04. The first-order valence-corrected chi connectivity index (χ1v) is 8.45. The zero-order valence-corrected chi connectivity index (χ0v) is 14.1. The smallest absolute Gasteiger partial charge is 0.339 e. The highest BCUT2D eigenvalue weighted by molar-refractivity contribution is 7.12. The third-order valence-electron chi connectivity index (χ3n) is 4.07. The van der Waals surface area contributed by atoms with E-state index in [0.717, 1.165) is 16.2 Å². The number of thiophene rings is 1. The second kappa shape index (κ2) is 6.54. The molecule has 0 bridgehead atoms. The maximum atomic E-state index is 12.3. The summed E-state index contributed by atoms with van der Waals surface area (Å²) < 4.78 is 5.20. The van der Waals surface area contributed by atoms with Crippen LogP contribution in [0.15, 0.2) is 30.3 Å². The monoisotopic (exact) mass is 329 g/mol. The van der Waals surface area contributed by atoms with E-state index in [1.165, 1.54) is 11.1 Å². The number of aryl methyl sites for hydroxylation is 2. The van der Waals surface area contributed by atoms with E-state index in [2.05, 4.69) is 6.07 Å². The van der Waals surface area contributed by atoms with Crippen LogP contribution < -0.4 is 0 Å². The summed E-state index contributed by atoms with van der Waals surface area (Å²) in [5.41, 5.74) is 3.02. The van der Waals surface area contributed by atoms with Crippen LogP contribution in [0.4, 0.5) is 0 Å². The number of carbonyl (C=O) groups excluding carboxylic acids is 2. The molecule has 120 valence electrons. The van der Waals surface area contributed by atoms with Gasteiger partial charge < -0.3 is 9.64 Å². The van der Waals surface area contributed by atoms with Crippen LogP contribution in [0.2, 0.25) is 0 Å². The number of esters is 1. The second-order valence-corrected chi connectivity index (χ2v) is 7.20. The lowest BCUT2D eigenvalue weighted by molar-refractivity contribution is -0.135. The zero-order valence-electron chi connectivity index (χ0n) is 13.3. The van der Waals surface area contributed by atoms with E-state index >= 15 is 0 Å². The molecule has 1 amide bonds. The molecule has 3 rings (SSSR count). The van der Waals surface area contributed by atoms with Crippen molar-refractivity contribution >= 4 is 23.2 Å². The predicted octanol–water partition coefficient (Wildman–Crippen LogP) is 3.11. The Kier molecular flexibility index (Phi) is 4.48. The first kappa shape index (κ1) is 15.7. The lowest BCUT2D eigenvalue weighted by Crippen LogP contribution is -2.38. The minimum absolute atomic E-state index is 0.141. The molecular formula is C18H19NO3S. The van der Waals surface area contributed by atoms with Gasteiger partial charge in [-0.05, 0) is 37.5 Å². The van der Waals surface area contributed by atoms with Crippen molar-refractivity contribution in [2.45, 2.75) is 26.8 Å². The van der Waals surface area contributed by atoms with Crippen molar-refractivity contribution in [3.63, 3.8) is 0 Å². The fourth-order valence-corrected chi connectivity index (χ4v) is 3.75. The summed E-state index contributed by atoms with van der Waals surface area (Å²) in [5.74, 6) is -0.560. The fourth-order valence-electron chi connectivity index (χ4n) is 2.84. The Labute approximate surface area is 139 Å². The number of benzene rings is 1. The predicted molar refractivity (Wildman–Crippen MR) is 89.6 cm³/mol. The average Bonchev–Trinajstić information content (AvgIpc) is 2.90. The number of ether oxygens (including phenoxy) is 1. The topological polar surface area (TPSA) is 46.6 Å². The van der Waals surface area contributed by atoms with E-state index in [1.54, 1.807) is 16.2 Å². The molecule has 0 N–H and O–H groups in total. The standard InChI is InChI=1S/C18H19NO3S/c1-12-9-16(13(2)23-12)18(21)22-11-17(20)19-8-7-14-5-3-4-6-15(14)10-19/h3-6,9H,7-8,10-11H2,1-2H3. The summed E-state index contributed by atoms with van der Waals surface area (Å²) in [6, 6.07) is 9.94. The van der Waals surface area contributed by atoms with Gasteiger partial charge in [-0.1, -0.05) is 24.3 Å². The Hall–Kier alpha value is -2.14. The Morgan fingerprint density at radius 2 is 1.96 bits per heavy atom. The van der Waals surface area contributed by atoms with Crippen LogP contribution in [-0.4, -0.2) is 29.9 Å². The van der Waals surface area contributed by atoms with E-state index in [9.17, 15) is 9.59 Å². The number of nitrogens with zero attached hydrogens (tertiary/aromatic N) is 1. The number of fused-ring (bicyclic) bond motifs is 1. The molecule has 1 aromatic carbocycles. The molecule has 0 aliphatic carbocycles. The summed E-state index contributed by atoms with van der Waals surface area (Å²) in [6.45, 7) is 4.89. The Bertz CT molecular complexity index is 750. The van der Waals surface area contributed by atoms with E-state index in [4.69, 9.17) is 4.74 Å². The number of hydrogen-bond acceptors (Lipinski definition) is 4. The molecule has 5 heteroatoms. The molecule has 1 aliphatic rings. The van der Waals surface area contributed by atoms with Crippen LogP contribution >= 0.6 is 11.3 Å². The number of carbonyl (C=O) groups is 2. The summed E-state index contributed by atoms with van der Waals surface area (Å²) in [6.07, 6.45) is 0.846. The fraction of sp³-hybridized carbons (Fsp3) is 0.333. The van der Waals surface area contributed by atoms with Crippen LogP contribution in [0.5, 0.6) is 0 Å². The Morgan fingerprint density at radius 3 is 2.65 bits per heavy atom. The maximum absolute atomic E-state index is 12.3. The molecule has 0 fully saturated rings. The van der Waals surface area contributed by atoms with Gasteiger partial charge in [0.25, 0.3) is 5.91 Å². The van der Waals surface area contributed by atoms with Crippen molar-refractivity contribution in [2.75, 3.05) is 13.2 Å². The molecule has 0 radical (unpaired) electrons. The molecule has 4 nitrogen and oxygen atoms in total. The molecular weight excluding hydrogens is 310 g/mol. The van der Waals surface area contributed by atoms with E-state index in [-0.39, 0.29) is 12.5 Å². The quantitative estimate of drug-likeness (QED) is 0.813. The van der Waals surface area contributed by atoms with Gasteiger partial charge in [-0.15, -0.1) is 11.3 Å². The summed E-state index contributed by atoms with van der Waals surface area (Å²) >= 11 is 1.56. The number of hydrogen-bond donors (Lipinski definition) is 0. The number of rotatable bonds is 3. The molecule has 23 heavy (non-hydrogen) atoms. The van der Waals surface area contributed by atoms with Crippen molar-refractivity contribution in [1.29, 1.82) is 0 Å². The van der Waals surface area contributed by atoms with Gasteiger partial charge in [-0.2, -0.15) is 0 Å². The highest BCUT2D eigenvalue weighted by Gasteiger charge is 2.22. The van der Waals surface area contributed by atoms with Crippen molar-refractivity contribution in [3.05, 3.63) is 56.8 Å². The van der Waals surface area contributed by atoms with Crippen molar-refractivity contribution < 1.29 is 14.3 Å².